The summed E-state index contributed by atoms with van der Waals surface area (Å²) >= 11 is 0. The number of hydrogen-bond acceptors (Lipinski definition) is 5. The Bertz CT molecular complexity index is 692. The van der Waals surface area contributed by atoms with Gasteiger partial charge in [0, 0.05) is 26.6 Å². The minimum Gasteiger partial charge on any atom is -0.354 e. The molecule has 2 aromatic rings. The lowest BCUT2D eigenvalue weighted by molar-refractivity contribution is -0.344. The van der Waals surface area contributed by atoms with Gasteiger partial charge in [-0.25, -0.2) is 15.0 Å². The molecule has 1 aliphatic rings. The predicted octanol–water partition coefficient (Wildman–Crippen LogP) is 2.43. The first-order valence-corrected chi connectivity index (χ1v) is 7.55. The molecule has 0 unspecified atom stereocenters. The van der Waals surface area contributed by atoms with Crippen molar-refractivity contribution in [1.29, 1.82) is 0 Å². The number of aromatic nitrogens is 4. The Morgan fingerprint density at radius 3 is 2.57 bits per heavy atom. The quantitative estimate of drug-likeness (QED) is 0.866. The molecular weight excluding hydrogens is 311 g/mol. The van der Waals surface area contributed by atoms with E-state index in [0.29, 0.717) is 49.5 Å². The molecule has 1 fully saturated rings. The molecule has 9 heteroatoms. The van der Waals surface area contributed by atoms with Crippen molar-refractivity contribution in [2.75, 3.05) is 18.0 Å². The van der Waals surface area contributed by atoms with Crippen LogP contribution < -0.4 is 4.90 Å². The molecule has 0 aliphatic carbocycles. The molecule has 0 bridgehead atoms. The molecule has 0 aromatic carbocycles. The molecule has 23 heavy (non-hydrogen) atoms. The predicted molar refractivity (Wildman–Crippen MR) is 78.1 cm³/mol. The number of anilines is 1. The monoisotopic (exact) mass is 329 g/mol. The highest BCUT2D eigenvalue weighted by Crippen LogP contribution is 2.29. The third kappa shape index (κ3) is 3.39. The molecule has 0 spiro atoms. The number of halogens is 3. The van der Waals surface area contributed by atoms with Crippen molar-refractivity contribution in [3.05, 3.63) is 12.2 Å². The normalized spacial score (nSPS) is 17.2. The Morgan fingerprint density at radius 1 is 1.26 bits per heavy atom. The van der Waals surface area contributed by atoms with Crippen molar-refractivity contribution in [2.24, 2.45) is 7.05 Å². The average Bonchev–Trinajstić information content (AvgIpc) is 2.87. The summed E-state index contributed by atoms with van der Waals surface area (Å²) in [5.74, 6) is 1.39. The standard InChI is InChI=1S/C14H18F3N5O/c1-3-10-19-12-11(18-8-21(12)2)13(20-10)22-6-4-9(5-7-22)23-14(15,16)17/h8-9H,3-7H2,1-2H3. The highest BCUT2D eigenvalue weighted by atomic mass is 19.4. The van der Waals surface area contributed by atoms with Crippen LogP contribution in [0.5, 0.6) is 0 Å². The van der Waals surface area contributed by atoms with Crippen LogP contribution in [-0.2, 0) is 18.2 Å². The maximum Gasteiger partial charge on any atom is 0.522 e. The molecule has 1 saturated heterocycles. The van der Waals surface area contributed by atoms with E-state index in [4.69, 9.17) is 0 Å². The van der Waals surface area contributed by atoms with Gasteiger partial charge in [0.1, 0.15) is 5.82 Å². The van der Waals surface area contributed by atoms with Crippen LogP contribution in [-0.4, -0.2) is 45.1 Å². The number of aryl methyl sites for hydroxylation is 2. The molecule has 0 atom stereocenters. The first kappa shape index (κ1) is 16.0. The van der Waals surface area contributed by atoms with Crippen LogP contribution in [0.15, 0.2) is 6.33 Å². The maximum absolute atomic E-state index is 12.3. The minimum absolute atomic E-state index is 0.305. The Morgan fingerprint density at radius 2 is 1.96 bits per heavy atom. The fraction of sp³-hybridized carbons (Fsp3) is 0.643. The molecule has 3 rings (SSSR count). The van der Waals surface area contributed by atoms with Gasteiger partial charge in [-0.15, -0.1) is 13.2 Å². The van der Waals surface area contributed by atoms with Gasteiger partial charge in [-0.3, -0.25) is 4.74 Å². The Hall–Kier alpha value is -1.90. The summed E-state index contributed by atoms with van der Waals surface area (Å²) in [6.07, 6.45) is -2.41. The van der Waals surface area contributed by atoms with Crippen molar-refractivity contribution in [3.8, 4) is 0 Å². The number of hydrogen-bond donors (Lipinski definition) is 0. The second kappa shape index (κ2) is 5.95. The lowest BCUT2D eigenvalue weighted by Crippen LogP contribution is -2.39. The van der Waals surface area contributed by atoms with Crippen molar-refractivity contribution in [1.82, 2.24) is 19.5 Å². The van der Waals surface area contributed by atoms with Crippen molar-refractivity contribution in [2.45, 2.75) is 38.7 Å². The molecule has 0 saturated carbocycles. The van der Waals surface area contributed by atoms with Gasteiger partial charge >= 0.3 is 6.36 Å². The zero-order chi connectivity index (χ0) is 16.6. The number of nitrogens with zero attached hydrogens (tertiary/aromatic N) is 5. The Kier molecular flexibility index (Phi) is 4.13. The fourth-order valence-electron chi connectivity index (χ4n) is 2.79. The van der Waals surface area contributed by atoms with Gasteiger partial charge in [0.2, 0.25) is 0 Å². The van der Waals surface area contributed by atoms with Gasteiger partial charge in [-0.2, -0.15) is 0 Å². The van der Waals surface area contributed by atoms with E-state index in [1.807, 2.05) is 23.4 Å². The molecule has 0 N–H and O–H groups in total. The molecular formula is C14H18F3N5O. The van der Waals surface area contributed by atoms with Crippen LogP contribution >= 0.6 is 0 Å². The lowest BCUT2D eigenvalue weighted by Gasteiger charge is -2.33. The Balaban J connectivity index is 1.82. The largest absolute Gasteiger partial charge is 0.522 e. The van der Waals surface area contributed by atoms with Crippen LogP contribution in [0.3, 0.4) is 0 Å². The van der Waals surface area contributed by atoms with Gasteiger partial charge < -0.3 is 9.47 Å². The minimum atomic E-state index is -4.58. The molecule has 0 radical (unpaired) electrons. The summed E-state index contributed by atoms with van der Waals surface area (Å²) < 4.78 is 42.8. The smallest absolute Gasteiger partial charge is 0.354 e. The molecule has 0 amide bonds. The van der Waals surface area contributed by atoms with Crippen molar-refractivity contribution < 1.29 is 17.9 Å². The first-order chi connectivity index (χ1) is 10.9. The van der Waals surface area contributed by atoms with E-state index in [1.165, 1.54) is 0 Å². The highest BCUT2D eigenvalue weighted by Gasteiger charge is 2.35. The van der Waals surface area contributed by atoms with Gasteiger partial charge in [0.25, 0.3) is 0 Å². The third-order valence-corrected chi connectivity index (χ3v) is 3.95. The molecule has 6 nitrogen and oxygen atoms in total. The number of alkyl halides is 3. The zero-order valence-corrected chi connectivity index (χ0v) is 13.0. The summed E-state index contributed by atoms with van der Waals surface area (Å²) in [5.41, 5.74) is 1.42. The van der Waals surface area contributed by atoms with Crippen LogP contribution in [0.1, 0.15) is 25.6 Å². The van der Waals surface area contributed by atoms with Crippen LogP contribution in [0, 0.1) is 0 Å². The van der Waals surface area contributed by atoms with Crippen LogP contribution in [0.4, 0.5) is 19.0 Å². The van der Waals surface area contributed by atoms with E-state index in [9.17, 15) is 13.2 Å². The van der Waals surface area contributed by atoms with E-state index >= 15 is 0 Å². The second-order valence-corrected chi connectivity index (χ2v) is 5.59. The van der Waals surface area contributed by atoms with Gasteiger partial charge in [0.15, 0.2) is 17.0 Å². The summed E-state index contributed by atoms with van der Waals surface area (Å²) in [7, 11) is 1.86. The number of ether oxygens (including phenoxy) is 1. The maximum atomic E-state index is 12.3. The van der Waals surface area contributed by atoms with Gasteiger partial charge in [-0.1, -0.05) is 6.92 Å². The number of fused-ring (bicyclic) bond motifs is 1. The summed E-state index contributed by atoms with van der Waals surface area (Å²) in [4.78, 5) is 15.3. The summed E-state index contributed by atoms with van der Waals surface area (Å²) in [6.45, 7) is 2.86. The number of imidazole rings is 1. The zero-order valence-electron chi connectivity index (χ0n) is 13.0. The van der Waals surface area contributed by atoms with Crippen molar-refractivity contribution >= 4 is 17.0 Å². The molecule has 1 aliphatic heterocycles. The third-order valence-electron chi connectivity index (χ3n) is 3.95. The molecule has 3 heterocycles. The average molecular weight is 329 g/mol. The van der Waals surface area contributed by atoms with Crippen molar-refractivity contribution in [3.63, 3.8) is 0 Å². The van der Waals surface area contributed by atoms with E-state index < -0.39 is 12.5 Å². The Labute approximate surface area is 131 Å². The molecule has 2 aromatic heterocycles. The molecule has 126 valence electrons. The van der Waals surface area contributed by atoms with Crippen LogP contribution in [0.25, 0.3) is 11.2 Å². The highest BCUT2D eigenvalue weighted by molar-refractivity contribution is 5.83. The SMILES string of the molecule is CCc1nc(N2CCC(OC(F)(F)F)CC2)c2ncn(C)c2n1. The first-order valence-electron chi connectivity index (χ1n) is 7.55. The fourth-order valence-corrected chi connectivity index (χ4v) is 2.79. The van der Waals surface area contributed by atoms with Gasteiger partial charge in [0.05, 0.1) is 12.4 Å². The lowest BCUT2D eigenvalue weighted by atomic mass is 10.1. The topological polar surface area (TPSA) is 56.1 Å². The van der Waals surface area contributed by atoms with E-state index in [2.05, 4.69) is 19.7 Å². The van der Waals surface area contributed by atoms with Crippen LogP contribution in [0.2, 0.25) is 0 Å². The van der Waals surface area contributed by atoms with Gasteiger partial charge in [-0.05, 0) is 12.8 Å². The van der Waals surface area contributed by atoms with E-state index in [0.717, 1.165) is 5.65 Å². The summed E-state index contributed by atoms with van der Waals surface area (Å²) in [5, 5.41) is 0. The summed E-state index contributed by atoms with van der Waals surface area (Å²) in [6, 6.07) is 0. The number of rotatable bonds is 3. The number of piperidine rings is 1. The van der Waals surface area contributed by atoms with E-state index in [1.54, 1.807) is 6.33 Å². The van der Waals surface area contributed by atoms with E-state index in [-0.39, 0.29) is 0 Å². The second-order valence-electron chi connectivity index (χ2n) is 5.59.